The van der Waals surface area contributed by atoms with Crippen LogP contribution in [0.3, 0.4) is 0 Å². The van der Waals surface area contributed by atoms with Gasteiger partial charge in [0.15, 0.2) is 9.84 Å². The van der Waals surface area contributed by atoms with Crippen LogP contribution in [0, 0.1) is 30.1 Å². The van der Waals surface area contributed by atoms with Crippen LogP contribution in [0.15, 0.2) is 41.3 Å². The minimum Gasteiger partial charge on any atom is -0.493 e. The van der Waals surface area contributed by atoms with Gasteiger partial charge in [0.25, 0.3) is 0 Å². The van der Waals surface area contributed by atoms with Crippen molar-refractivity contribution in [3.05, 3.63) is 58.1 Å². The van der Waals surface area contributed by atoms with Crippen molar-refractivity contribution in [1.82, 2.24) is 4.90 Å². The molecular weight excluding hydrogens is 420 g/mol. The number of benzene rings is 2. The van der Waals surface area contributed by atoms with Crippen molar-refractivity contribution in [3.63, 3.8) is 0 Å². The molecule has 0 amide bonds. The summed E-state index contributed by atoms with van der Waals surface area (Å²) in [5.41, 5.74) is 2.77. The Bertz CT molecular complexity index is 1050. The van der Waals surface area contributed by atoms with E-state index in [4.69, 9.17) is 16.3 Å². The van der Waals surface area contributed by atoms with E-state index in [9.17, 15) is 13.7 Å². The Kier molecular flexibility index (Phi) is 7.07. The Balaban J connectivity index is 1.54. The number of nitriles is 1. The highest BCUT2D eigenvalue weighted by Crippen LogP contribution is 2.26. The molecule has 1 fully saturated rings. The molecule has 1 aliphatic rings. The first-order valence-electron chi connectivity index (χ1n) is 10.0. The second kappa shape index (κ2) is 9.38. The summed E-state index contributed by atoms with van der Waals surface area (Å²) in [5, 5.41) is 9.87. The van der Waals surface area contributed by atoms with E-state index in [2.05, 4.69) is 17.9 Å². The molecule has 7 heteroatoms. The van der Waals surface area contributed by atoms with Crippen LogP contribution in [0.2, 0.25) is 5.02 Å². The fourth-order valence-corrected chi connectivity index (χ4v) is 4.79. The summed E-state index contributed by atoms with van der Waals surface area (Å²) in [4.78, 5) is 2.73. The highest BCUT2D eigenvalue weighted by atomic mass is 35.5. The Hall–Kier alpha value is -2.07. The van der Waals surface area contributed by atoms with Gasteiger partial charge >= 0.3 is 0 Å². The van der Waals surface area contributed by atoms with Crippen molar-refractivity contribution in [2.24, 2.45) is 11.8 Å². The second-order valence-corrected chi connectivity index (χ2v) is 10.6. The fourth-order valence-electron chi connectivity index (χ4n) is 3.92. The monoisotopic (exact) mass is 446 g/mol. The zero-order chi connectivity index (χ0) is 21.9. The number of halogens is 1. The fraction of sp³-hybridized carbons (Fsp3) is 0.435. The summed E-state index contributed by atoms with van der Waals surface area (Å²) in [6.07, 6.45) is 2.05. The van der Waals surface area contributed by atoms with Crippen LogP contribution in [0.4, 0.5) is 0 Å². The van der Waals surface area contributed by atoms with E-state index in [1.54, 1.807) is 30.3 Å². The number of hydrogen-bond acceptors (Lipinski definition) is 5. The van der Waals surface area contributed by atoms with Crippen molar-refractivity contribution >= 4 is 21.4 Å². The number of hydrogen-bond donors (Lipinski definition) is 0. The van der Waals surface area contributed by atoms with E-state index in [1.165, 1.54) is 6.26 Å². The molecule has 0 saturated carbocycles. The number of likely N-dealkylation sites (tertiary alicyclic amines) is 1. The van der Waals surface area contributed by atoms with Gasteiger partial charge in [-0.15, -0.1) is 0 Å². The molecule has 1 saturated heterocycles. The van der Waals surface area contributed by atoms with Gasteiger partial charge in [0.1, 0.15) is 5.75 Å². The molecule has 0 spiro atoms. The third-order valence-electron chi connectivity index (χ3n) is 5.86. The van der Waals surface area contributed by atoms with E-state index >= 15 is 0 Å². The average molecular weight is 447 g/mol. The summed E-state index contributed by atoms with van der Waals surface area (Å²) in [5.74, 6) is 1.61. The molecule has 0 aromatic heterocycles. The van der Waals surface area contributed by atoms with Crippen LogP contribution < -0.4 is 4.74 Å². The lowest BCUT2D eigenvalue weighted by molar-refractivity contribution is 0.225. The molecule has 0 aliphatic carbocycles. The minimum absolute atomic E-state index is 0.297. The molecule has 5 nitrogen and oxygen atoms in total. The SMILES string of the molecule is Cc1c(C#N)cc(Cl)cc1CCN1C[C@@H](COc2ccc(S(C)(=O)=O)cc2)[C@H](C)C1. The van der Waals surface area contributed by atoms with Crippen LogP contribution in [-0.2, 0) is 16.3 Å². The quantitative estimate of drug-likeness (QED) is 0.640. The van der Waals surface area contributed by atoms with E-state index in [0.717, 1.165) is 37.2 Å². The normalized spacial score (nSPS) is 19.6. The maximum atomic E-state index is 11.6. The first-order valence-corrected chi connectivity index (χ1v) is 12.3. The van der Waals surface area contributed by atoms with Crippen LogP contribution in [0.1, 0.15) is 23.6 Å². The van der Waals surface area contributed by atoms with Crippen LogP contribution >= 0.6 is 11.6 Å². The molecule has 2 aromatic rings. The molecule has 0 unspecified atom stereocenters. The first kappa shape index (κ1) is 22.6. The molecule has 0 N–H and O–H groups in total. The molecule has 0 bridgehead atoms. The maximum Gasteiger partial charge on any atom is 0.175 e. The lowest BCUT2D eigenvalue weighted by Gasteiger charge is -2.17. The van der Waals surface area contributed by atoms with Crippen molar-refractivity contribution in [1.29, 1.82) is 5.26 Å². The summed E-state index contributed by atoms with van der Waals surface area (Å²) >= 11 is 6.16. The zero-order valence-corrected chi connectivity index (χ0v) is 19.1. The maximum absolute atomic E-state index is 11.6. The van der Waals surface area contributed by atoms with Gasteiger partial charge < -0.3 is 9.64 Å². The molecule has 2 atom stereocenters. The third kappa shape index (κ3) is 5.54. The largest absolute Gasteiger partial charge is 0.493 e. The van der Waals surface area contributed by atoms with Crippen LogP contribution in [-0.4, -0.2) is 45.8 Å². The predicted molar refractivity (Wildman–Crippen MR) is 119 cm³/mol. The topological polar surface area (TPSA) is 70.4 Å². The number of sulfone groups is 1. The Morgan fingerprint density at radius 2 is 1.93 bits per heavy atom. The van der Waals surface area contributed by atoms with Gasteiger partial charge in [-0.25, -0.2) is 8.42 Å². The summed E-state index contributed by atoms with van der Waals surface area (Å²) in [7, 11) is -3.19. The number of ether oxygens (including phenoxy) is 1. The van der Waals surface area contributed by atoms with Gasteiger partial charge in [-0.05, 0) is 66.8 Å². The van der Waals surface area contributed by atoms with Gasteiger partial charge in [-0.3, -0.25) is 0 Å². The summed E-state index contributed by atoms with van der Waals surface area (Å²) < 4.78 is 29.0. The van der Waals surface area contributed by atoms with Crippen molar-refractivity contribution in [2.45, 2.75) is 25.2 Å². The standard InChI is InChI=1S/C23H27ClN2O3S/c1-16-13-26(9-8-18-10-21(24)11-19(12-25)17(18)2)14-20(16)15-29-22-4-6-23(7-5-22)30(3,27)28/h4-7,10-11,16,20H,8-9,13-15H2,1-3H3/t16-,20+/m1/s1. The summed E-state index contributed by atoms with van der Waals surface area (Å²) in [6, 6.07) is 12.5. The molecule has 160 valence electrons. The van der Waals surface area contributed by atoms with E-state index in [-0.39, 0.29) is 0 Å². The first-order chi connectivity index (χ1) is 14.2. The highest BCUT2D eigenvalue weighted by Gasteiger charge is 2.30. The van der Waals surface area contributed by atoms with E-state index in [1.807, 2.05) is 13.0 Å². The Morgan fingerprint density at radius 3 is 2.57 bits per heavy atom. The van der Waals surface area contributed by atoms with Gasteiger partial charge in [0.05, 0.1) is 23.1 Å². The Morgan fingerprint density at radius 1 is 1.23 bits per heavy atom. The molecule has 2 aromatic carbocycles. The highest BCUT2D eigenvalue weighted by molar-refractivity contribution is 7.90. The second-order valence-electron chi connectivity index (χ2n) is 8.15. The lowest BCUT2D eigenvalue weighted by atomic mass is 9.99. The molecular formula is C23H27ClN2O3S. The van der Waals surface area contributed by atoms with Crippen molar-refractivity contribution in [2.75, 3.05) is 32.5 Å². The third-order valence-corrected chi connectivity index (χ3v) is 7.20. The van der Waals surface area contributed by atoms with E-state index in [0.29, 0.717) is 39.7 Å². The Labute approximate surface area is 184 Å². The van der Waals surface area contributed by atoms with Gasteiger partial charge in [0, 0.05) is 36.8 Å². The van der Waals surface area contributed by atoms with Crippen molar-refractivity contribution < 1.29 is 13.2 Å². The molecule has 3 rings (SSSR count). The minimum atomic E-state index is -3.19. The van der Waals surface area contributed by atoms with Crippen molar-refractivity contribution in [3.8, 4) is 11.8 Å². The predicted octanol–water partition coefficient (Wildman–Crippen LogP) is 4.11. The molecule has 0 radical (unpaired) electrons. The lowest BCUT2D eigenvalue weighted by Crippen LogP contribution is -2.25. The van der Waals surface area contributed by atoms with Crippen LogP contribution in [0.25, 0.3) is 0 Å². The smallest absolute Gasteiger partial charge is 0.175 e. The number of rotatable bonds is 7. The van der Waals surface area contributed by atoms with Gasteiger partial charge in [-0.1, -0.05) is 18.5 Å². The molecule has 1 heterocycles. The van der Waals surface area contributed by atoms with E-state index < -0.39 is 9.84 Å². The van der Waals surface area contributed by atoms with Gasteiger partial charge in [0.2, 0.25) is 0 Å². The molecule has 1 aliphatic heterocycles. The van der Waals surface area contributed by atoms with Gasteiger partial charge in [-0.2, -0.15) is 5.26 Å². The zero-order valence-electron chi connectivity index (χ0n) is 17.6. The molecule has 30 heavy (non-hydrogen) atoms. The number of nitrogens with zero attached hydrogens (tertiary/aromatic N) is 2. The average Bonchev–Trinajstić information content (AvgIpc) is 3.06. The van der Waals surface area contributed by atoms with Crippen LogP contribution in [0.5, 0.6) is 5.75 Å². The summed E-state index contributed by atoms with van der Waals surface area (Å²) in [6.45, 7) is 7.68.